The number of hydrogen-bond donors (Lipinski definition) is 2. The van der Waals surface area contributed by atoms with Crippen molar-refractivity contribution >= 4 is 21.8 Å². The normalized spacial score (nSPS) is 17.4. The number of carbonyl (C=O) groups is 2. The molecule has 0 heterocycles. The third-order valence-electron chi connectivity index (χ3n) is 6.67. The van der Waals surface area contributed by atoms with Gasteiger partial charge in [0, 0.05) is 0 Å². The molecule has 0 fully saturated rings. The second kappa shape index (κ2) is 9.88. The Morgan fingerprint density at radius 3 is 2.11 bits per heavy atom. The lowest BCUT2D eigenvalue weighted by Gasteiger charge is -2.42. The highest BCUT2D eigenvalue weighted by molar-refractivity contribution is 7.91. The first-order chi connectivity index (χ1) is 16.5. The van der Waals surface area contributed by atoms with E-state index in [4.69, 9.17) is 4.74 Å². The third-order valence-corrected chi connectivity index (χ3v) is 8.19. The summed E-state index contributed by atoms with van der Waals surface area (Å²) in [5.41, 5.74) is 2.03. The standard InChI is InChI=1S/C28H38N2O5S/c1-26(2,3)35-25(32)30-23(24(31)29-18-36(33,34)20-11-9-8-10-12-20)19-13-14-21-22(17-19)28(6,7)16-15-27(21,4)5/h8-14,17,23H,15-16,18H2,1-7H3,(H,29,31)(H,30,32). The molecule has 3 rings (SSSR count). The van der Waals surface area contributed by atoms with Crippen LogP contribution >= 0.6 is 0 Å². The number of ether oxygens (including phenoxy) is 1. The zero-order chi connectivity index (χ0) is 26.9. The van der Waals surface area contributed by atoms with E-state index in [-0.39, 0.29) is 15.7 Å². The van der Waals surface area contributed by atoms with Crippen molar-refractivity contribution in [3.05, 3.63) is 65.2 Å². The second-order valence-corrected chi connectivity index (χ2v) is 13.8. The summed E-state index contributed by atoms with van der Waals surface area (Å²) in [5.74, 6) is -1.22. The Morgan fingerprint density at radius 2 is 1.53 bits per heavy atom. The SMILES string of the molecule is CC(C)(C)OC(=O)NC(C(=O)NCS(=O)(=O)c1ccccc1)c1ccc2c(c1)C(C)(C)CCC2(C)C. The van der Waals surface area contributed by atoms with Crippen LogP contribution in [0.15, 0.2) is 53.4 Å². The molecule has 1 aliphatic carbocycles. The van der Waals surface area contributed by atoms with Gasteiger partial charge in [-0.15, -0.1) is 0 Å². The minimum absolute atomic E-state index is 0.0104. The second-order valence-electron chi connectivity index (χ2n) is 11.8. The van der Waals surface area contributed by atoms with Gasteiger partial charge < -0.3 is 15.4 Å². The molecule has 2 N–H and O–H groups in total. The Bertz CT molecular complexity index is 1230. The Morgan fingerprint density at radius 1 is 0.944 bits per heavy atom. The first-order valence-electron chi connectivity index (χ1n) is 12.2. The number of fused-ring (bicyclic) bond motifs is 1. The molecule has 0 saturated heterocycles. The molecule has 2 aromatic rings. The van der Waals surface area contributed by atoms with Crippen molar-refractivity contribution in [1.82, 2.24) is 10.6 Å². The lowest BCUT2D eigenvalue weighted by molar-refractivity contribution is -0.123. The summed E-state index contributed by atoms with van der Waals surface area (Å²) < 4.78 is 30.8. The maximum absolute atomic E-state index is 13.3. The lowest BCUT2D eigenvalue weighted by Crippen LogP contribution is -2.44. The topological polar surface area (TPSA) is 102 Å². The van der Waals surface area contributed by atoms with Crippen molar-refractivity contribution in [3.63, 3.8) is 0 Å². The van der Waals surface area contributed by atoms with E-state index in [2.05, 4.69) is 38.3 Å². The highest BCUT2D eigenvalue weighted by Crippen LogP contribution is 2.46. The molecular weight excluding hydrogens is 476 g/mol. The van der Waals surface area contributed by atoms with Crippen molar-refractivity contribution in [2.24, 2.45) is 0 Å². The van der Waals surface area contributed by atoms with Gasteiger partial charge in [-0.25, -0.2) is 13.2 Å². The molecule has 7 nitrogen and oxygen atoms in total. The molecule has 1 unspecified atom stereocenters. The molecule has 0 radical (unpaired) electrons. The van der Waals surface area contributed by atoms with Crippen molar-refractivity contribution in [2.75, 3.05) is 5.88 Å². The van der Waals surface area contributed by atoms with Crippen LogP contribution < -0.4 is 10.6 Å². The van der Waals surface area contributed by atoms with E-state index >= 15 is 0 Å². The van der Waals surface area contributed by atoms with Crippen LogP contribution in [0.2, 0.25) is 0 Å². The van der Waals surface area contributed by atoms with Crippen LogP contribution in [0.1, 0.15) is 84.0 Å². The van der Waals surface area contributed by atoms with Gasteiger partial charge in [-0.1, -0.05) is 64.1 Å². The fourth-order valence-electron chi connectivity index (χ4n) is 4.49. The lowest BCUT2D eigenvalue weighted by atomic mass is 9.63. The minimum atomic E-state index is -3.75. The van der Waals surface area contributed by atoms with E-state index < -0.39 is 39.4 Å². The van der Waals surface area contributed by atoms with Crippen molar-refractivity contribution in [3.8, 4) is 0 Å². The molecule has 2 amide bonds. The van der Waals surface area contributed by atoms with Crippen LogP contribution in [0.3, 0.4) is 0 Å². The Kier molecular flexibility index (Phi) is 7.61. The van der Waals surface area contributed by atoms with Gasteiger partial charge in [0.15, 0.2) is 9.84 Å². The minimum Gasteiger partial charge on any atom is -0.444 e. The molecule has 1 atom stereocenters. The quantitative estimate of drug-likeness (QED) is 0.555. The Labute approximate surface area is 214 Å². The molecule has 36 heavy (non-hydrogen) atoms. The number of carbonyl (C=O) groups excluding carboxylic acids is 2. The highest BCUT2D eigenvalue weighted by Gasteiger charge is 2.38. The van der Waals surface area contributed by atoms with Gasteiger partial charge >= 0.3 is 6.09 Å². The smallest absolute Gasteiger partial charge is 0.408 e. The van der Waals surface area contributed by atoms with Gasteiger partial charge in [-0.05, 0) is 73.3 Å². The fraction of sp³-hybridized carbons (Fsp3) is 0.500. The maximum atomic E-state index is 13.3. The summed E-state index contributed by atoms with van der Waals surface area (Å²) >= 11 is 0. The van der Waals surface area contributed by atoms with E-state index in [1.54, 1.807) is 39.0 Å². The van der Waals surface area contributed by atoms with E-state index in [0.29, 0.717) is 5.56 Å². The molecule has 8 heteroatoms. The molecule has 0 spiro atoms. The monoisotopic (exact) mass is 514 g/mol. The van der Waals surface area contributed by atoms with Gasteiger partial charge in [0.2, 0.25) is 5.91 Å². The van der Waals surface area contributed by atoms with Crippen molar-refractivity contribution in [2.45, 2.75) is 88.7 Å². The summed E-state index contributed by atoms with van der Waals surface area (Å²) in [6.07, 6.45) is 1.28. The molecule has 0 saturated carbocycles. The van der Waals surface area contributed by atoms with Gasteiger partial charge in [-0.3, -0.25) is 4.79 Å². The number of rotatable bonds is 6. The molecule has 0 aliphatic heterocycles. The average Bonchev–Trinajstić information content (AvgIpc) is 2.78. The van der Waals surface area contributed by atoms with E-state index in [1.165, 1.54) is 17.7 Å². The zero-order valence-corrected chi connectivity index (χ0v) is 23.1. The molecule has 2 aromatic carbocycles. The first kappa shape index (κ1) is 27.7. The highest BCUT2D eigenvalue weighted by atomic mass is 32.2. The zero-order valence-electron chi connectivity index (χ0n) is 22.3. The van der Waals surface area contributed by atoms with Crippen molar-refractivity contribution < 1.29 is 22.7 Å². The van der Waals surface area contributed by atoms with E-state index in [1.807, 2.05) is 18.2 Å². The molecule has 1 aliphatic rings. The van der Waals surface area contributed by atoms with Gasteiger partial charge in [0.05, 0.1) is 4.90 Å². The number of nitrogens with one attached hydrogen (secondary N) is 2. The third kappa shape index (κ3) is 6.46. The van der Waals surface area contributed by atoms with E-state index in [0.717, 1.165) is 18.4 Å². The largest absolute Gasteiger partial charge is 0.444 e. The summed E-state index contributed by atoms with van der Waals surface area (Å²) in [5, 5.41) is 5.16. The summed E-state index contributed by atoms with van der Waals surface area (Å²) in [6.45, 7) is 14.0. The molecule has 0 aromatic heterocycles. The van der Waals surface area contributed by atoms with Crippen LogP contribution in [-0.4, -0.2) is 31.9 Å². The van der Waals surface area contributed by atoms with Crippen LogP contribution in [0.25, 0.3) is 0 Å². The van der Waals surface area contributed by atoms with E-state index in [9.17, 15) is 18.0 Å². The number of sulfone groups is 1. The predicted octanol–water partition coefficient (Wildman–Crippen LogP) is 5.15. The Hall–Kier alpha value is -2.87. The van der Waals surface area contributed by atoms with Crippen LogP contribution in [0.4, 0.5) is 4.79 Å². The number of hydrogen-bond acceptors (Lipinski definition) is 5. The van der Waals surface area contributed by atoms with Crippen molar-refractivity contribution in [1.29, 1.82) is 0 Å². The number of amides is 2. The maximum Gasteiger partial charge on any atom is 0.408 e. The van der Waals surface area contributed by atoms with Gasteiger partial charge in [0.1, 0.15) is 17.5 Å². The van der Waals surface area contributed by atoms with Crippen LogP contribution in [0, 0.1) is 0 Å². The molecule has 0 bridgehead atoms. The van der Waals surface area contributed by atoms with Crippen LogP contribution in [0.5, 0.6) is 0 Å². The predicted molar refractivity (Wildman–Crippen MR) is 140 cm³/mol. The van der Waals surface area contributed by atoms with Gasteiger partial charge in [-0.2, -0.15) is 0 Å². The summed E-state index contributed by atoms with van der Waals surface area (Å²) in [7, 11) is -3.75. The summed E-state index contributed by atoms with van der Waals surface area (Å²) in [4.78, 5) is 26.1. The molecular formula is C28H38N2O5S. The van der Waals surface area contributed by atoms with Crippen LogP contribution in [-0.2, 0) is 30.2 Å². The molecule has 196 valence electrons. The summed E-state index contributed by atoms with van der Waals surface area (Å²) in [6, 6.07) is 12.6. The number of alkyl carbamates (subject to hydrolysis) is 1. The Balaban J connectivity index is 1.94. The van der Waals surface area contributed by atoms with Gasteiger partial charge in [0.25, 0.3) is 0 Å². The first-order valence-corrected chi connectivity index (χ1v) is 13.9. The average molecular weight is 515 g/mol. The fourth-order valence-corrected chi connectivity index (χ4v) is 5.56. The number of benzene rings is 2.